The first-order valence-corrected chi connectivity index (χ1v) is 4.33. The summed E-state index contributed by atoms with van der Waals surface area (Å²) in [6.45, 7) is 2.31. The van der Waals surface area contributed by atoms with Crippen LogP contribution in [-0.4, -0.2) is 11.5 Å². The van der Waals surface area contributed by atoms with Gasteiger partial charge in [-0.3, -0.25) is 5.32 Å². The van der Waals surface area contributed by atoms with E-state index in [-0.39, 0.29) is 6.04 Å². The van der Waals surface area contributed by atoms with Gasteiger partial charge in [-0.15, -0.1) is 0 Å². The fourth-order valence-corrected chi connectivity index (χ4v) is 1.07. The molecule has 0 fully saturated rings. The maximum atomic E-state index is 8.36. The van der Waals surface area contributed by atoms with Gasteiger partial charge in [0.25, 0.3) is 0 Å². The molecule has 0 spiro atoms. The summed E-state index contributed by atoms with van der Waals surface area (Å²) in [4.78, 5) is 3.95. The van der Waals surface area contributed by atoms with Crippen molar-refractivity contribution >= 4 is 11.6 Å². The van der Waals surface area contributed by atoms with E-state index in [0.717, 1.165) is 5.56 Å². The van der Waals surface area contributed by atoms with Crippen LogP contribution in [0.15, 0.2) is 18.3 Å². The Morgan fingerprint density at radius 1 is 1.69 bits per heavy atom. The largest absolute Gasteiger partial charge is 0.298 e. The second-order valence-corrected chi connectivity index (χ2v) is 3.06. The van der Waals surface area contributed by atoms with Crippen LogP contribution in [0.2, 0.25) is 5.15 Å². The van der Waals surface area contributed by atoms with Crippen LogP contribution in [0, 0.1) is 11.3 Å². The van der Waals surface area contributed by atoms with Crippen molar-refractivity contribution in [2.75, 3.05) is 6.54 Å². The van der Waals surface area contributed by atoms with Crippen LogP contribution >= 0.6 is 11.6 Å². The molecule has 1 atom stereocenters. The molecule has 0 aliphatic rings. The van der Waals surface area contributed by atoms with Crippen LogP contribution in [0.5, 0.6) is 0 Å². The second kappa shape index (κ2) is 4.80. The molecule has 0 amide bonds. The molecule has 0 bridgehead atoms. The minimum Gasteiger partial charge on any atom is -0.298 e. The highest BCUT2D eigenvalue weighted by Crippen LogP contribution is 2.12. The molecular weight excluding hydrogens is 186 g/mol. The normalized spacial score (nSPS) is 12.1. The zero-order valence-electron chi connectivity index (χ0n) is 7.29. The van der Waals surface area contributed by atoms with Crippen LogP contribution < -0.4 is 5.32 Å². The summed E-state index contributed by atoms with van der Waals surface area (Å²) in [5.74, 6) is 0. The van der Waals surface area contributed by atoms with Gasteiger partial charge in [0.15, 0.2) is 0 Å². The third kappa shape index (κ3) is 3.02. The molecule has 1 aromatic rings. The van der Waals surface area contributed by atoms with Gasteiger partial charge in [0.1, 0.15) is 5.15 Å². The molecule has 1 N–H and O–H groups in total. The van der Waals surface area contributed by atoms with Crippen LogP contribution in [0.1, 0.15) is 18.5 Å². The van der Waals surface area contributed by atoms with Crippen molar-refractivity contribution in [3.05, 3.63) is 29.0 Å². The number of halogens is 1. The molecule has 0 aliphatic heterocycles. The average molecular weight is 196 g/mol. The standard InChI is InChI=1S/C9H10ClN3/c1-7(12-5-4-11)8-2-3-9(10)13-6-8/h2-3,6-7,12H,5H2,1H3. The Labute approximate surface area is 82.4 Å². The van der Waals surface area contributed by atoms with Gasteiger partial charge in [-0.05, 0) is 18.6 Å². The van der Waals surface area contributed by atoms with E-state index in [4.69, 9.17) is 16.9 Å². The topological polar surface area (TPSA) is 48.7 Å². The van der Waals surface area contributed by atoms with Crippen molar-refractivity contribution < 1.29 is 0 Å². The van der Waals surface area contributed by atoms with E-state index in [1.165, 1.54) is 0 Å². The monoisotopic (exact) mass is 195 g/mol. The Balaban J connectivity index is 2.62. The maximum absolute atomic E-state index is 8.36. The molecule has 0 saturated heterocycles. The Bertz CT molecular complexity index is 302. The first-order valence-electron chi connectivity index (χ1n) is 3.96. The number of hydrogen-bond acceptors (Lipinski definition) is 3. The number of aromatic nitrogens is 1. The quantitative estimate of drug-likeness (QED) is 0.592. The van der Waals surface area contributed by atoms with Crippen LogP contribution in [-0.2, 0) is 0 Å². The summed E-state index contributed by atoms with van der Waals surface area (Å²) >= 11 is 5.64. The van der Waals surface area contributed by atoms with Gasteiger partial charge in [0.05, 0.1) is 12.6 Å². The van der Waals surface area contributed by atoms with Gasteiger partial charge in [-0.2, -0.15) is 5.26 Å². The van der Waals surface area contributed by atoms with Crippen molar-refractivity contribution in [3.63, 3.8) is 0 Å². The Hall–Kier alpha value is -1.11. The summed E-state index contributed by atoms with van der Waals surface area (Å²) < 4.78 is 0. The highest BCUT2D eigenvalue weighted by molar-refractivity contribution is 6.29. The predicted molar refractivity (Wildman–Crippen MR) is 51.3 cm³/mol. The van der Waals surface area contributed by atoms with Gasteiger partial charge in [-0.25, -0.2) is 4.98 Å². The number of nitrogens with zero attached hydrogens (tertiary/aromatic N) is 2. The molecule has 1 aromatic heterocycles. The smallest absolute Gasteiger partial charge is 0.129 e. The van der Waals surface area contributed by atoms with E-state index in [1.807, 2.05) is 19.1 Å². The third-order valence-electron chi connectivity index (χ3n) is 1.74. The van der Waals surface area contributed by atoms with Crippen LogP contribution in [0.25, 0.3) is 0 Å². The van der Waals surface area contributed by atoms with Crippen LogP contribution in [0.3, 0.4) is 0 Å². The molecular formula is C9H10ClN3. The zero-order chi connectivity index (χ0) is 9.68. The fraction of sp³-hybridized carbons (Fsp3) is 0.333. The summed E-state index contributed by atoms with van der Waals surface area (Å²) in [5.41, 5.74) is 1.03. The number of hydrogen-bond donors (Lipinski definition) is 1. The van der Waals surface area contributed by atoms with Gasteiger partial charge in [-0.1, -0.05) is 17.7 Å². The van der Waals surface area contributed by atoms with Crippen molar-refractivity contribution in [3.8, 4) is 6.07 Å². The average Bonchev–Trinajstić information content (AvgIpc) is 2.15. The van der Waals surface area contributed by atoms with E-state index in [2.05, 4.69) is 10.3 Å². The molecule has 1 rings (SSSR count). The Morgan fingerprint density at radius 3 is 3.00 bits per heavy atom. The van der Waals surface area contributed by atoms with E-state index in [1.54, 1.807) is 12.3 Å². The van der Waals surface area contributed by atoms with Crippen molar-refractivity contribution in [2.24, 2.45) is 0 Å². The summed E-state index contributed by atoms with van der Waals surface area (Å²) in [6.07, 6.45) is 1.71. The molecule has 1 heterocycles. The van der Waals surface area contributed by atoms with Gasteiger partial charge in [0.2, 0.25) is 0 Å². The molecule has 1 unspecified atom stereocenters. The number of nitrogens with one attached hydrogen (secondary N) is 1. The SMILES string of the molecule is CC(NCC#N)c1ccc(Cl)nc1. The Kier molecular flexibility index (Phi) is 3.69. The summed E-state index contributed by atoms with van der Waals surface area (Å²) in [7, 11) is 0. The number of rotatable bonds is 3. The lowest BCUT2D eigenvalue weighted by atomic mass is 10.1. The van der Waals surface area contributed by atoms with Gasteiger partial charge in [0, 0.05) is 12.2 Å². The third-order valence-corrected chi connectivity index (χ3v) is 1.96. The van der Waals surface area contributed by atoms with E-state index < -0.39 is 0 Å². The van der Waals surface area contributed by atoms with E-state index >= 15 is 0 Å². The number of pyridine rings is 1. The zero-order valence-corrected chi connectivity index (χ0v) is 8.04. The van der Waals surface area contributed by atoms with Crippen molar-refractivity contribution in [1.29, 1.82) is 5.26 Å². The maximum Gasteiger partial charge on any atom is 0.129 e. The molecule has 0 radical (unpaired) electrons. The molecule has 0 aliphatic carbocycles. The molecule has 0 saturated carbocycles. The molecule has 3 nitrogen and oxygen atoms in total. The molecule has 13 heavy (non-hydrogen) atoms. The Morgan fingerprint density at radius 2 is 2.46 bits per heavy atom. The summed E-state index contributed by atoms with van der Waals surface area (Å²) in [6, 6.07) is 5.78. The van der Waals surface area contributed by atoms with E-state index in [0.29, 0.717) is 11.7 Å². The molecule has 4 heteroatoms. The first kappa shape index (κ1) is 9.97. The van der Waals surface area contributed by atoms with Crippen LogP contribution in [0.4, 0.5) is 0 Å². The highest BCUT2D eigenvalue weighted by Gasteiger charge is 2.03. The van der Waals surface area contributed by atoms with Crippen molar-refractivity contribution in [2.45, 2.75) is 13.0 Å². The predicted octanol–water partition coefficient (Wildman–Crippen LogP) is 1.91. The van der Waals surface area contributed by atoms with Crippen molar-refractivity contribution in [1.82, 2.24) is 10.3 Å². The van der Waals surface area contributed by atoms with E-state index in [9.17, 15) is 0 Å². The second-order valence-electron chi connectivity index (χ2n) is 2.67. The van der Waals surface area contributed by atoms with Gasteiger partial charge >= 0.3 is 0 Å². The lowest BCUT2D eigenvalue weighted by Crippen LogP contribution is -2.18. The lowest BCUT2D eigenvalue weighted by Gasteiger charge is -2.10. The highest BCUT2D eigenvalue weighted by atomic mass is 35.5. The lowest BCUT2D eigenvalue weighted by molar-refractivity contribution is 0.619. The minimum absolute atomic E-state index is 0.129. The first-order chi connectivity index (χ1) is 6.24. The number of nitriles is 1. The summed E-state index contributed by atoms with van der Waals surface area (Å²) in [5, 5.41) is 11.9. The van der Waals surface area contributed by atoms with Gasteiger partial charge < -0.3 is 0 Å². The minimum atomic E-state index is 0.129. The molecule has 0 aromatic carbocycles. The fourth-order valence-electron chi connectivity index (χ4n) is 0.960. The molecule has 68 valence electrons.